The third-order valence-corrected chi connectivity index (χ3v) is 2.76. The topological polar surface area (TPSA) is 38.9 Å². The number of aryl methyl sites for hydroxylation is 2. The second kappa shape index (κ2) is 3.12. The van der Waals surface area contributed by atoms with Crippen molar-refractivity contribution in [2.75, 3.05) is 0 Å². The maximum atomic E-state index is 5.43. The van der Waals surface area contributed by atoms with Crippen LogP contribution >= 0.6 is 11.3 Å². The number of hydrogen-bond acceptors (Lipinski definition) is 3. The monoisotopic (exact) mass is 156 g/mol. The number of nitrogens with zero attached hydrogens (tertiary/aromatic N) is 1. The van der Waals surface area contributed by atoms with Gasteiger partial charge in [0, 0.05) is 11.4 Å². The summed E-state index contributed by atoms with van der Waals surface area (Å²) in [7, 11) is 0. The van der Waals surface area contributed by atoms with Gasteiger partial charge in [-0.2, -0.15) is 0 Å². The van der Waals surface area contributed by atoms with Crippen LogP contribution in [0.25, 0.3) is 0 Å². The van der Waals surface area contributed by atoms with Crippen molar-refractivity contribution in [1.29, 1.82) is 0 Å². The van der Waals surface area contributed by atoms with Gasteiger partial charge in [-0.25, -0.2) is 4.98 Å². The summed E-state index contributed by atoms with van der Waals surface area (Å²) in [6.07, 6.45) is 1.07. The standard InChI is InChI=1S/C7H12N2S/c1-3-6-5(2)9-7(4-8)10-6/h3-4,8H2,1-2H3. The van der Waals surface area contributed by atoms with E-state index in [1.54, 1.807) is 11.3 Å². The van der Waals surface area contributed by atoms with Crippen molar-refractivity contribution >= 4 is 11.3 Å². The molecule has 2 N–H and O–H groups in total. The minimum absolute atomic E-state index is 0.575. The fraction of sp³-hybridized carbons (Fsp3) is 0.571. The van der Waals surface area contributed by atoms with E-state index in [0.29, 0.717) is 6.54 Å². The Morgan fingerprint density at radius 2 is 2.30 bits per heavy atom. The van der Waals surface area contributed by atoms with Gasteiger partial charge in [-0.3, -0.25) is 0 Å². The van der Waals surface area contributed by atoms with Gasteiger partial charge >= 0.3 is 0 Å². The first-order valence-electron chi connectivity index (χ1n) is 3.43. The van der Waals surface area contributed by atoms with E-state index in [1.807, 2.05) is 6.92 Å². The minimum Gasteiger partial charge on any atom is -0.325 e. The number of rotatable bonds is 2. The van der Waals surface area contributed by atoms with Gasteiger partial charge in [0.15, 0.2) is 0 Å². The molecule has 0 aliphatic heterocycles. The van der Waals surface area contributed by atoms with Crippen molar-refractivity contribution in [2.45, 2.75) is 26.8 Å². The minimum atomic E-state index is 0.575. The molecule has 0 aromatic carbocycles. The Morgan fingerprint density at radius 3 is 2.60 bits per heavy atom. The van der Waals surface area contributed by atoms with Crippen LogP contribution < -0.4 is 5.73 Å². The Balaban J connectivity index is 2.92. The normalized spacial score (nSPS) is 10.3. The molecular formula is C7H12N2S. The van der Waals surface area contributed by atoms with E-state index in [1.165, 1.54) is 4.88 Å². The number of nitrogens with two attached hydrogens (primary N) is 1. The second-order valence-electron chi connectivity index (χ2n) is 2.17. The molecule has 0 unspecified atom stereocenters. The van der Waals surface area contributed by atoms with Crippen molar-refractivity contribution in [2.24, 2.45) is 5.73 Å². The molecule has 1 aromatic rings. The molecule has 0 saturated carbocycles. The van der Waals surface area contributed by atoms with Crippen molar-refractivity contribution in [3.63, 3.8) is 0 Å². The number of thiazole rings is 1. The fourth-order valence-electron chi connectivity index (χ4n) is 0.904. The van der Waals surface area contributed by atoms with Gasteiger partial charge in [0.1, 0.15) is 5.01 Å². The predicted molar refractivity (Wildman–Crippen MR) is 44.1 cm³/mol. The molecule has 56 valence electrons. The van der Waals surface area contributed by atoms with Crippen LogP contribution in [-0.4, -0.2) is 4.98 Å². The molecule has 0 spiro atoms. The highest BCUT2D eigenvalue weighted by atomic mass is 32.1. The first kappa shape index (κ1) is 7.69. The largest absolute Gasteiger partial charge is 0.325 e. The van der Waals surface area contributed by atoms with Crippen LogP contribution in [0.3, 0.4) is 0 Å². The quantitative estimate of drug-likeness (QED) is 0.704. The van der Waals surface area contributed by atoms with Crippen LogP contribution in [0.15, 0.2) is 0 Å². The van der Waals surface area contributed by atoms with Gasteiger partial charge in [0.25, 0.3) is 0 Å². The Kier molecular flexibility index (Phi) is 2.40. The molecule has 1 aromatic heterocycles. The lowest BCUT2D eigenvalue weighted by Gasteiger charge is -1.85. The molecule has 0 amide bonds. The Hall–Kier alpha value is -0.410. The molecule has 0 radical (unpaired) electrons. The van der Waals surface area contributed by atoms with Crippen molar-refractivity contribution in [3.8, 4) is 0 Å². The Labute approximate surface area is 65.1 Å². The SMILES string of the molecule is CCc1sc(CN)nc1C. The highest BCUT2D eigenvalue weighted by Crippen LogP contribution is 2.17. The smallest absolute Gasteiger partial charge is 0.107 e. The molecule has 1 heterocycles. The second-order valence-corrected chi connectivity index (χ2v) is 3.34. The van der Waals surface area contributed by atoms with E-state index in [4.69, 9.17) is 5.73 Å². The summed E-state index contributed by atoms with van der Waals surface area (Å²) in [6, 6.07) is 0. The van der Waals surface area contributed by atoms with Gasteiger partial charge in [-0.1, -0.05) is 6.92 Å². The Morgan fingerprint density at radius 1 is 1.60 bits per heavy atom. The van der Waals surface area contributed by atoms with E-state index in [9.17, 15) is 0 Å². The molecule has 0 atom stereocenters. The molecule has 3 heteroatoms. The maximum Gasteiger partial charge on any atom is 0.107 e. The van der Waals surface area contributed by atoms with Crippen LogP contribution in [0.5, 0.6) is 0 Å². The highest BCUT2D eigenvalue weighted by molar-refractivity contribution is 7.11. The number of hydrogen-bond donors (Lipinski definition) is 1. The van der Waals surface area contributed by atoms with Gasteiger partial charge < -0.3 is 5.73 Å². The highest BCUT2D eigenvalue weighted by Gasteiger charge is 2.02. The first-order valence-corrected chi connectivity index (χ1v) is 4.24. The van der Waals surface area contributed by atoms with E-state index < -0.39 is 0 Å². The average molecular weight is 156 g/mol. The summed E-state index contributed by atoms with van der Waals surface area (Å²) in [4.78, 5) is 5.66. The van der Waals surface area contributed by atoms with Crippen LogP contribution in [-0.2, 0) is 13.0 Å². The van der Waals surface area contributed by atoms with Crippen molar-refractivity contribution in [3.05, 3.63) is 15.6 Å². The molecule has 0 aliphatic rings. The number of aromatic nitrogens is 1. The molecule has 2 nitrogen and oxygen atoms in total. The van der Waals surface area contributed by atoms with E-state index >= 15 is 0 Å². The maximum absolute atomic E-state index is 5.43. The summed E-state index contributed by atoms with van der Waals surface area (Å²) in [5.74, 6) is 0. The van der Waals surface area contributed by atoms with Gasteiger partial charge in [-0.15, -0.1) is 11.3 Å². The van der Waals surface area contributed by atoms with Gasteiger partial charge in [0.05, 0.1) is 5.69 Å². The molecule has 1 rings (SSSR count). The summed E-state index contributed by atoms with van der Waals surface area (Å²) in [5.41, 5.74) is 6.58. The summed E-state index contributed by atoms with van der Waals surface area (Å²) >= 11 is 1.72. The van der Waals surface area contributed by atoms with Gasteiger partial charge in [-0.05, 0) is 13.3 Å². The zero-order valence-corrected chi connectivity index (χ0v) is 7.16. The summed E-state index contributed by atoms with van der Waals surface area (Å²) in [6.45, 7) is 4.75. The molecule has 0 saturated heterocycles. The van der Waals surface area contributed by atoms with Gasteiger partial charge in [0.2, 0.25) is 0 Å². The molecule has 0 fully saturated rings. The van der Waals surface area contributed by atoms with Crippen LogP contribution in [0.4, 0.5) is 0 Å². The molecule has 10 heavy (non-hydrogen) atoms. The lowest BCUT2D eigenvalue weighted by molar-refractivity contribution is 1.01. The first-order chi connectivity index (χ1) is 4.77. The third kappa shape index (κ3) is 1.36. The van der Waals surface area contributed by atoms with Crippen molar-refractivity contribution in [1.82, 2.24) is 4.98 Å². The lowest BCUT2D eigenvalue weighted by Crippen LogP contribution is -1.94. The molecule has 0 aliphatic carbocycles. The van der Waals surface area contributed by atoms with Crippen molar-refractivity contribution < 1.29 is 0 Å². The summed E-state index contributed by atoms with van der Waals surface area (Å²) in [5, 5.41) is 1.05. The molecule has 0 bridgehead atoms. The van der Waals surface area contributed by atoms with Crippen LogP contribution in [0.1, 0.15) is 22.5 Å². The van der Waals surface area contributed by atoms with E-state index in [-0.39, 0.29) is 0 Å². The van der Waals surface area contributed by atoms with Crippen LogP contribution in [0, 0.1) is 6.92 Å². The fourth-order valence-corrected chi connectivity index (χ4v) is 1.79. The third-order valence-electron chi connectivity index (χ3n) is 1.43. The Bertz CT molecular complexity index is 217. The average Bonchev–Trinajstić information content (AvgIpc) is 2.30. The van der Waals surface area contributed by atoms with Crippen LogP contribution in [0.2, 0.25) is 0 Å². The lowest BCUT2D eigenvalue weighted by atomic mass is 10.3. The molecular weight excluding hydrogens is 144 g/mol. The summed E-state index contributed by atoms with van der Waals surface area (Å²) < 4.78 is 0. The predicted octanol–water partition coefficient (Wildman–Crippen LogP) is 1.47. The van der Waals surface area contributed by atoms with E-state index in [2.05, 4.69) is 11.9 Å². The van der Waals surface area contributed by atoms with E-state index in [0.717, 1.165) is 17.1 Å². The zero-order valence-electron chi connectivity index (χ0n) is 6.35. The zero-order chi connectivity index (χ0) is 7.56.